The molecule has 0 spiro atoms. The minimum atomic E-state index is -0.0602. The quantitative estimate of drug-likeness (QED) is 0.569. The van der Waals surface area contributed by atoms with Gasteiger partial charge in [0.25, 0.3) is 0 Å². The van der Waals surface area contributed by atoms with Crippen LogP contribution in [0.2, 0.25) is 0 Å². The highest BCUT2D eigenvalue weighted by Gasteiger charge is 2.16. The van der Waals surface area contributed by atoms with Crippen LogP contribution >= 0.6 is 11.8 Å². The number of nitrogens with zero attached hydrogens (tertiary/aromatic N) is 4. The highest BCUT2D eigenvalue weighted by Crippen LogP contribution is 2.25. The Morgan fingerprint density at radius 3 is 2.38 bits per heavy atom. The number of hydrogen-bond acceptors (Lipinski definition) is 5. The number of thioether (sulfide) groups is 1. The van der Waals surface area contributed by atoms with Crippen molar-refractivity contribution in [2.45, 2.75) is 51.2 Å². The maximum Gasteiger partial charge on any atom is 0.234 e. The fourth-order valence-electron chi connectivity index (χ4n) is 2.92. The van der Waals surface area contributed by atoms with Gasteiger partial charge in [-0.15, -0.1) is 10.2 Å². The van der Waals surface area contributed by atoms with Crippen molar-refractivity contribution >= 4 is 23.4 Å². The monoisotopic (exact) mass is 409 g/mol. The molecule has 29 heavy (non-hydrogen) atoms. The molecule has 152 valence electrons. The van der Waals surface area contributed by atoms with Crippen molar-refractivity contribution in [3.8, 4) is 11.4 Å². The zero-order valence-electron chi connectivity index (χ0n) is 17.3. The second-order valence-corrected chi connectivity index (χ2v) is 8.80. The Morgan fingerprint density at radius 2 is 1.76 bits per heavy atom. The molecule has 0 unspecified atom stereocenters. The number of carbonyl (C=O) groups excluding carboxylic acids is 1. The van der Waals surface area contributed by atoms with Gasteiger partial charge < -0.3 is 9.88 Å². The third kappa shape index (κ3) is 5.44. The fourth-order valence-corrected chi connectivity index (χ4v) is 3.68. The van der Waals surface area contributed by atoms with E-state index in [1.807, 2.05) is 24.3 Å². The van der Waals surface area contributed by atoms with Crippen molar-refractivity contribution < 1.29 is 4.79 Å². The summed E-state index contributed by atoms with van der Waals surface area (Å²) >= 11 is 1.40. The maximum absolute atomic E-state index is 12.4. The molecule has 0 aliphatic carbocycles. The smallest absolute Gasteiger partial charge is 0.234 e. The van der Waals surface area contributed by atoms with Crippen molar-refractivity contribution in [3.05, 3.63) is 54.4 Å². The van der Waals surface area contributed by atoms with E-state index in [-0.39, 0.29) is 17.1 Å². The molecule has 0 atom stereocenters. The summed E-state index contributed by atoms with van der Waals surface area (Å²) in [5.41, 5.74) is 3.10. The van der Waals surface area contributed by atoms with Crippen molar-refractivity contribution in [1.29, 1.82) is 0 Å². The Labute approximate surface area is 176 Å². The first-order valence-corrected chi connectivity index (χ1v) is 10.7. The maximum atomic E-state index is 12.4. The molecule has 2 aromatic heterocycles. The van der Waals surface area contributed by atoms with Crippen LogP contribution in [0.5, 0.6) is 0 Å². The van der Waals surface area contributed by atoms with E-state index in [2.05, 4.69) is 64.9 Å². The lowest BCUT2D eigenvalue weighted by Crippen LogP contribution is -2.15. The molecule has 0 fully saturated rings. The molecule has 0 aliphatic rings. The van der Waals surface area contributed by atoms with Crippen LogP contribution < -0.4 is 5.32 Å². The lowest BCUT2D eigenvalue weighted by Gasteiger charge is -2.19. The summed E-state index contributed by atoms with van der Waals surface area (Å²) in [4.78, 5) is 16.5. The number of benzene rings is 1. The topological polar surface area (TPSA) is 72.7 Å². The van der Waals surface area contributed by atoms with Crippen molar-refractivity contribution in [1.82, 2.24) is 19.7 Å². The number of amides is 1. The minimum absolute atomic E-state index is 0.0602. The first-order chi connectivity index (χ1) is 13.9. The molecule has 0 radical (unpaired) electrons. The number of hydrogen-bond donors (Lipinski definition) is 1. The lowest BCUT2D eigenvalue weighted by atomic mass is 9.87. The van der Waals surface area contributed by atoms with Crippen LogP contribution in [-0.2, 0) is 16.8 Å². The van der Waals surface area contributed by atoms with Crippen molar-refractivity contribution in [2.75, 3.05) is 11.1 Å². The van der Waals surface area contributed by atoms with Gasteiger partial charge in [0.15, 0.2) is 11.0 Å². The van der Waals surface area contributed by atoms with Crippen molar-refractivity contribution in [3.63, 3.8) is 0 Å². The van der Waals surface area contributed by atoms with E-state index >= 15 is 0 Å². The summed E-state index contributed by atoms with van der Waals surface area (Å²) in [5, 5.41) is 12.3. The molecule has 7 heteroatoms. The van der Waals surface area contributed by atoms with E-state index in [9.17, 15) is 4.79 Å². The van der Waals surface area contributed by atoms with Gasteiger partial charge in [-0.2, -0.15) is 0 Å². The summed E-state index contributed by atoms with van der Waals surface area (Å²) in [6, 6.07) is 11.8. The molecule has 1 aromatic carbocycles. The highest BCUT2D eigenvalue weighted by molar-refractivity contribution is 7.99. The van der Waals surface area contributed by atoms with Crippen LogP contribution in [0.15, 0.2) is 53.9 Å². The van der Waals surface area contributed by atoms with E-state index in [1.165, 1.54) is 17.3 Å². The second-order valence-electron chi connectivity index (χ2n) is 7.86. The molecule has 0 saturated heterocycles. The molecule has 3 aromatic rings. The van der Waals surface area contributed by atoms with Gasteiger partial charge in [-0.25, -0.2) is 0 Å². The van der Waals surface area contributed by atoms with Crippen LogP contribution in [0.25, 0.3) is 11.4 Å². The van der Waals surface area contributed by atoms with Gasteiger partial charge in [-0.05, 0) is 41.7 Å². The molecular weight excluding hydrogens is 382 g/mol. The molecule has 0 bridgehead atoms. The molecule has 0 saturated carbocycles. The van der Waals surface area contributed by atoms with Gasteiger partial charge in [0, 0.05) is 30.2 Å². The fraction of sp³-hybridized carbons (Fsp3) is 0.364. The second kappa shape index (κ2) is 9.22. The number of anilines is 1. The van der Waals surface area contributed by atoms with Crippen LogP contribution in [0.1, 0.15) is 39.7 Å². The van der Waals surface area contributed by atoms with E-state index in [1.54, 1.807) is 12.4 Å². The molecule has 2 heterocycles. The molecule has 3 rings (SSSR count). The lowest BCUT2D eigenvalue weighted by molar-refractivity contribution is -0.113. The number of nitrogens with one attached hydrogen (secondary N) is 1. The van der Waals surface area contributed by atoms with Gasteiger partial charge in [0.2, 0.25) is 5.91 Å². The van der Waals surface area contributed by atoms with Crippen LogP contribution in [0.4, 0.5) is 5.69 Å². The van der Waals surface area contributed by atoms with Gasteiger partial charge >= 0.3 is 0 Å². The van der Waals surface area contributed by atoms with Crippen LogP contribution in [0.3, 0.4) is 0 Å². The Hall–Kier alpha value is -2.67. The number of rotatable bonds is 7. The van der Waals surface area contributed by atoms with Crippen LogP contribution in [0, 0.1) is 0 Å². The van der Waals surface area contributed by atoms with E-state index in [0.717, 1.165) is 35.2 Å². The Kier molecular flexibility index (Phi) is 6.69. The average molecular weight is 410 g/mol. The number of carbonyl (C=O) groups is 1. The largest absolute Gasteiger partial charge is 0.325 e. The predicted molar refractivity (Wildman–Crippen MR) is 118 cm³/mol. The Morgan fingerprint density at radius 1 is 1.07 bits per heavy atom. The summed E-state index contributed by atoms with van der Waals surface area (Å²) in [6.45, 7) is 9.42. The zero-order valence-corrected chi connectivity index (χ0v) is 18.2. The van der Waals surface area contributed by atoms with Gasteiger partial charge in [-0.1, -0.05) is 51.6 Å². The first kappa shape index (κ1) is 21.0. The van der Waals surface area contributed by atoms with Gasteiger partial charge in [0.1, 0.15) is 0 Å². The Bertz CT molecular complexity index is 946. The summed E-state index contributed by atoms with van der Waals surface area (Å²) in [5.74, 6) is 1.02. The molecule has 1 amide bonds. The predicted octanol–water partition coefficient (Wildman–Crippen LogP) is 4.78. The normalized spacial score (nSPS) is 11.4. The molecule has 1 N–H and O–H groups in total. The Balaban J connectivity index is 1.65. The minimum Gasteiger partial charge on any atom is -0.325 e. The summed E-state index contributed by atoms with van der Waals surface area (Å²) in [6.07, 6.45) is 4.44. The first-order valence-electron chi connectivity index (χ1n) is 9.75. The number of aromatic nitrogens is 4. The summed E-state index contributed by atoms with van der Waals surface area (Å²) in [7, 11) is 0. The standard InChI is InChI=1S/C22H27N5OS/c1-5-14-27-20(16-10-12-23-13-11-16)25-26-21(27)29-15-19(28)24-18-8-6-17(7-9-18)22(2,3)4/h6-13H,5,14-15H2,1-4H3,(H,24,28). The van der Waals surface area contributed by atoms with E-state index < -0.39 is 0 Å². The van der Waals surface area contributed by atoms with Crippen LogP contribution in [-0.4, -0.2) is 31.4 Å². The van der Waals surface area contributed by atoms with Gasteiger partial charge in [0.05, 0.1) is 5.75 Å². The third-order valence-corrected chi connectivity index (χ3v) is 5.44. The molecule has 0 aliphatic heterocycles. The third-order valence-electron chi connectivity index (χ3n) is 4.47. The van der Waals surface area contributed by atoms with Gasteiger partial charge in [-0.3, -0.25) is 9.78 Å². The SMILES string of the molecule is CCCn1c(SCC(=O)Nc2ccc(C(C)(C)C)cc2)nnc1-c1ccncc1. The average Bonchev–Trinajstić information content (AvgIpc) is 3.10. The van der Waals surface area contributed by atoms with E-state index in [0.29, 0.717) is 0 Å². The molecular formula is C22H27N5OS. The van der Waals surface area contributed by atoms with E-state index in [4.69, 9.17) is 0 Å². The molecule has 6 nitrogen and oxygen atoms in total. The highest BCUT2D eigenvalue weighted by atomic mass is 32.2. The summed E-state index contributed by atoms with van der Waals surface area (Å²) < 4.78 is 2.06. The number of pyridine rings is 1. The zero-order chi connectivity index (χ0) is 20.9. The van der Waals surface area contributed by atoms with Crippen molar-refractivity contribution in [2.24, 2.45) is 0 Å².